The van der Waals surface area contributed by atoms with E-state index in [0.717, 1.165) is 4.34 Å². The number of azo groups is 1. The molecule has 1 N–H and O–H groups in total. The summed E-state index contributed by atoms with van der Waals surface area (Å²) in [7, 11) is 0. The lowest BCUT2D eigenvalue weighted by Gasteiger charge is -1.96. The summed E-state index contributed by atoms with van der Waals surface area (Å²) in [6.07, 6.45) is 1.88. The minimum Gasteiger partial charge on any atom is -0.360 e. The third-order valence-corrected chi connectivity index (χ3v) is 4.56. The minimum atomic E-state index is -0.444. The fraction of sp³-hybridized carbons (Fsp3) is 0.0769. The van der Waals surface area contributed by atoms with Crippen LogP contribution in [0.1, 0.15) is 0 Å². The van der Waals surface area contributed by atoms with Gasteiger partial charge in [-0.3, -0.25) is 4.79 Å². The molecule has 23 heavy (non-hydrogen) atoms. The molecule has 0 saturated heterocycles. The number of nitrogens with zero attached hydrogens (tertiary/aromatic N) is 6. The smallest absolute Gasteiger partial charge is 0.303 e. The van der Waals surface area contributed by atoms with E-state index in [0.29, 0.717) is 10.8 Å². The van der Waals surface area contributed by atoms with E-state index in [1.807, 2.05) is 12.3 Å². The van der Waals surface area contributed by atoms with Crippen molar-refractivity contribution in [2.45, 2.75) is 4.34 Å². The Kier molecular flexibility index (Phi) is 4.31. The fourth-order valence-electron chi connectivity index (χ4n) is 1.76. The van der Waals surface area contributed by atoms with Gasteiger partial charge in [-0.05, 0) is 18.4 Å². The van der Waals surface area contributed by atoms with Gasteiger partial charge in [0.15, 0.2) is 10.0 Å². The van der Waals surface area contributed by atoms with E-state index in [1.54, 1.807) is 24.3 Å². The number of benzene rings is 1. The molecule has 0 unspecified atom stereocenters. The number of rotatable bonds is 4. The number of para-hydroxylation sites is 1. The van der Waals surface area contributed by atoms with Crippen LogP contribution in [0.15, 0.2) is 49.7 Å². The highest BCUT2D eigenvalue weighted by atomic mass is 32.2. The van der Waals surface area contributed by atoms with Crippen LogP contribution in [0.5, 0.6) is 0 Å². The zero-order chi connectivity index (χ0) is 16.2. The first-order valence-corrected chi connectivity index (χ1v) is 8.34. The van der Waals surface area contributed by atoms with Crippen LogP contribution < -0.4 is 5.56 Å². The van der Waals surface area contributed by atoms with Crippen LogP contribution in [0.4, 0.5) is 16.6 Å². The molecule has 2 heterocycles. The Balaban J connectivity index is 2.01. The first-order valence-electron chi connectivity index (χ1n) is 6.30. The molecule has 0 aliphatic carbocycles. The second-order valence-corrected chi connectivity index (χ2v) is 6.16. The quantitative estimate of drug-likeness (QED) is 0.444. The van der Waals surface area contributed by atoms with Crippen LogP contribution in [0.25, 0.3) is 10.5 Å². The van der Waals surface area contributed by atoms with Crippen LogP contribution in [0.2, 0.25) is 0 Å². The van der Waals surface area contributed by atoms with Gasteiger partial charge in [-0.1, -0.05) is 47.9 Å². The Bertz CT molecular complexity index is 949. The average molecular weight is 343 g/mol. The van der Waals surface area contributed by atoms with Crippen molar-refractivity contribution in [3.8, 4) is 5.69 Å². The molecule has 3 aromatic rings. The maximum atomic E-state index is 12.4. The Labute approximate surface area is 138 Å². The maximum absolute atomic E-state index is 12.4. The van der Waals surface area contributed by atoms with Crippen molar-refractivity contribution >= 4 is 39.7 Å². The van der Waals surface area contributed by atoms with E-state index < -0.39 is 5.56 Å². The van der Waals surface area contributed by atoms with Crippen molar-refractivity contribution in [1.29, 1.82) is 0 Å². The molecule has 0 bridgehead atoms. The molecule has 0 saturated carbocycles. The number of aromatic nitrogens is 4. The van der Waals surface area contributed by atoms with Crippen molar-refractivity contribution in [2.75, 3.05) is 6.26 Å². The topological polar surface area (TPSA) is 92.7 Å². The lowest BCUT2D eigenvalue weighted by atomic mass is 10.3. The lowest BCUT2D eigenvalue weighted by molar-refractivity contribution is 0.855. The molecule has 8 nitrogen and oxygen atoms in total. The molecule has 0 spiro atoms. The molecular formula is C13H9N7OS2. The third kappa shape index (κ3) is 3.05. The molecule has 3 rings (SSSR count). The highest BCUT2D eigenvalue weighted by molar-refractivity contribution is 8.00. The number of aromatic amines is 1. The van der Waals surface area contributed by atoms with E-state index in [4.69, 9.17) is 6.57 Å². The van der Waals surface area contributed by atoms with Gasteiger partial charge in [0.05, 0.1) is 5.69 Å². The summed E-state index contributed by atoms with van der Waals surface area (Å²) < 4.78 is 2.01. The van der Waals surface area contributed by atoms with E-state index >= 15 is 0 Å². The predicted octanol–water partition coefficient (Wildman–Crippen LogP) is 3.71. The zero-order valence-corrected chi connectivity index (χ0v) is 13.4. The Morgan fingerprint density at radius 2 is 2.09 bits per heavy atom. The summed E-state index contributed by atoms with van der Waals surface area (Å²) in [5, 5.41) is 18.6. The summed E-state index contributed by atoms with van der Waals surface area (Å²) >= 11 is 2.70. The molecule has 0 amide bonds. The predicted molar refractivity (Wildman–Crippen MR) is 88.5 cm³/mol. The van der Waals surface area contributed by atoms with Gasteiger partial charge >= 0.3 is 5.56 Å². The van der Waals surface area contributed by atoms with Crippen LogP contribution >= 0.6 is 23.1 Å². The van der Waals surface area contributed by atoms with E-state index in [9.17, 15) is 4.79 Å². The van der Waals surface area contributed by atoms with Crippen molar-refractivity contribution < 1.29 is 0 Å². The van der Waals surface area contributed by atoms with Crippen LogP contribution in [-0.2, 0) is 0 Å². The highest BCUT2D eigenvalue weighted by Crippen LogP contribution is 2.29. The van der Waals surface area contributed by atoms with Gasteiger partial charge in [-0.25, -0.2) is 5.10 Å². The molecule has 0 aliphatic heterocycles. The summed E-state index contributed by atoms with van der Waals surface area (Å²) in [6, 6.07) is 8.94. The molecule has 0 atom stereocenters. The number of hydrogen-bond donors (Lipinski definition) is 1. The van der Waals surface area contributed by atoms with Gasteiger partial charge in [-0.2, -0.15) is 9.80 Å². The molecule has 10 heteroatoms. The normalized spacial score (nSPS) is 11.0. The van der Waals surface area contributed by atoms with E-state index in [-0.39, 0.29) is 11.5 Å². The van der Waals surface area contributed by atoms with Gasteiger partial charge in [-0.15, -0.1) is 15.3 Å². The van der Waals surface area contributed by atoms with E-state index in [1.165, 1.54) is 27.8 Å². The summed E-state index contributed by atoms with van der Waals surface area (Å²) in [5.41, 5.74) is 0.120. The van der Waals surface area contributed by atoms with Gasteiger partial charge in [0, 0.05) is 0 Å². The van der Waals surface area contributed by atoms with Gasteiger partial charge in [0.1, 0.15) is 0 Å². The van der Waals surface area contributed by atoms with Crippen molar-refractivity contribution in [1.82, 2.24) is 20.0 Å². The van der Waals surface area contributed by atoms with Gasteiger partial charge in [0.25, 0.3) is 10.9 Å². The van der Waals surface area contributed by atoms with Gasteiger partial charge < -0.3 is 4.85 Å². The van der Waals surface area contributed by atoms with E-state index in [2.05, 4.69) is 30.4 Å². The standard InChI is InChI=1S/C13H9N7OS2/c1-14-10-9(15-16-12-17-18-13(22-2)23-12)11(21)20(19-10)8-6-4-3-5-7-8/h3-7,19H,2H3. The monoisotopic (exact) mass is 343 g/mol. The van der Waals surface area contributed by atoms with Crippen molar-refractivity contribution in [3.63, 3.8) is 0 Å². The second kappa shape index (κ2) is 6.55. The first kappa shape index (κ1) is 15.1. The molecule has 114 valence electrons. The lowest BCUT2D eigenvalue weighted by Crippen LogP contribution is -2.13. The number of H-pyrrole nitrogens is 1. The SMILES string of the molecule is [C-]#[N+]c1[nH]n(-c2ccccc2)c(=O)c1N=Nc1nnc(SC)s1. The number of thioether (sulfide) groups is 1. The molecule has 1 aromatic carbocycles. The Morgan fingerprint density at radius 3 is 2.74 bits per heavy atom. The highest BCUT2D eigenvalue weighted by Gasteiger charge is 2.16. The largest absolute Gasteiger partial charge is 0.360 e. The molecular weight excluding hydrogens is 334 g/mol. The zero-order valence-electron chi connectivity index (χ0n) is 11.8. The molecule has 2 aromatic heterocycles. The Hall–Kier alpha value is -2.77. The summed E-state index contributed by atoms with van der Waals surface area (Å²) in [4.78, 5) is 15.7. The maximum Gasteiger partial charge on any atom is 0.303 e. The second-order valence-electron chi connectivity index (χ2n) is 4.15. The van der Waals surface area contributed by atoms with Crippen molar-refractivity contribution in [3.05, 3.63) is 52.1 Å². The molecule has 0 radical (unpaired) electrons. The average Bonchev–Trinajstić information content (AvgIpc) is 3.18. The summed E-state index contributed by atoms with van der Waals surface area (Å²) in [6.45, 7) is 7.19. The first-order chi connectivity index (χ1) is 11.2. The molecule has 0 fully saturated rings. The number of hydrogen-bond acceptors (Lipinski definition) is 7. The van der Waals surface area contributed by atoms with Crippen LogP contribution in [0.3, 0.4) is 0 Å². The van der Waals surface area contributed by atoms with Crippen LogP contribution in [0, 0.1) is 6.57 Å². The van der Waals surface area contributed by atoms with Crippen LogP contribution in [-0.4, -0.2) is 26.2 Å². The summed E-state index contributed by atoms with van der Waals surface area (Å²) in [5.74, 6) is 0.0252. The number of nitrogens with one attached hydrogen (secondary N) is 1. The van der Waals surface area contributed by atoms with Crippen molar-refractivity contribution in [2.24, 2.45) is 10.2 Å². The van der Waals surface area contributed by atoms with Gasteiger partial charge in [0.2, 0.25) is 0 Å². The minimum absolute atomic E-state index is 0.0252. The Morgan fingerprint density at radius 1 is 1.30 bits per heavy atom. The molecule has 0 aliphatic rings. The fourth-order valence-corrected chi connectivity index (χ4v) is 2.84. The third-order valence-electron chi connectivity index (χ3n) is 2.78.